The van der Waals surface area contributed by atoms with Gasteiger partial charge in [-0.05, 0) is 31.4 Å². The number of nitrogens with one attached hydrogen (secondary N) is 2. The summed E-state index contributed by atoms with van der Waals surface area (Å²) >= 11 is 0. The van der Waals surface area contributed by atoms with Crippen molar-refractivity contribution in [3.8, 4) is 0 Å². The molecule has 0 bridgehead atoms. The first kappa shape index (κ1) is 20.9. The van der Waals surface area contributed by atoms with E-state index in [1.54, 1.807) is 0 Å². The lowest BCUT2D eigenvalue weighted by molar-refractivity contribution is -0.0284. The van der Waals surface area contributed by atoms with Gasteiger partial charge in [0.15, 0.2) is 5.96 Å². The summed E-state index contributed by atoms with van der Waals surface area (Å²) in [7, 11) is 1.84. The summed E-state index contributed by atoms with van der Waals surface area (Å²) in [5.74, 6) is 1.57. The number of rotatable bonds is 6. The lowest BCUT2D eigenvalue weighted by atomic mass is 10.2. The van der Waals surface area contributed by atoms with E-state index in [0.717, 1.165) is 58.3 Å². The highest BCUT2D eigenvalue weighted by molar-refractivity contribution is 5.80. The standard InChI is InChI=1S/C22H37N5O/c1-17(2)14-26-11-12-28-21(16-26)13-24-22(23-4)25-19-9-10-27(15-19)20-7-5-18(3)6-8-20/h5-8,17,19,21H,9-16H2,1-4H3,(H2,23,24,25). The summed E-state index contributed by atoms with van der Waals surface area (Å²) < 4.78 is 5.94. The van der Waals surface area contributed by atoms with Gasteiger partial charge in [-0.3, -0.25) is 9.89 Å². The molecule has 0 spiro atoms. The number of morpholine rings is 1. The van der Waals surface area contributed by atoms with Crippen LogP contribution >= 0.6 is 0 Å². The molecule has 2 aliphatic heterocycles. The van der Waals surface area contributed by atoms with E-state index in [9.17, 15) is 0 Å². The largest absolute Gasteiger partial charge is 0.374 e. The van der Waals surface area contributed by atoms with Gasteiger partial charge in [0.05, 0.1) is 12.7 Å². The van der Waals surface area contributed by atoms with Crippen LogP contribution in [-0.2, 0) is 4.74 Å². The number of hydrogen-bond donors (Lipinski definition) is 2. The first-order valence-corrected chi connectivity index (χ1v) is 10.7. The van der Waals surface area contributed by atoms with E-state index < -0.39 is 0 Å². The van der Waals surface area contributed by atoms with Crippen molar-refractivity contribution in [1.29, 1.82) is 0 Å². The molecule has 1 aromatic rings. The molecule has 2 atom stereocenters. The highest BCUT2D eigenvalue weighted by Gasteiger charge is 2.25. The van der Waals surface area contributed by atoms with Gasteiger partial charge in [-0.25, -0.2) is 0 Å². The Labute approximate surface area is 170 Å². The van der Waals surface area contributed by atoms with Gasteiger partial charge in [0.1, 0.15) is 0 Å². The van der Waals surface area contributed by atoms with Crippen LogP contribution < -0.4 is 15.5 Å². The van der Waals surface area contributed by atoms with Crippen LogP contribution in [0.3, 0.4) is 0 Å². The molecule has 156 valence electrons. The minimum Gasteiger partial charge on any atom is -0.374 e. The molecule has 2 N–H and O–H groups in total. The maximum absolute atomic E-state index is 5.94. The zero-order valence-corrected chi connectivity index (χ0v) is 17.9. The normalized spacial score (nSPS) is 24.0. The molecule has 2 heterocycles. The first-order chi connectivity index (χ1) is 13.5. The van der Waals surface area contributed by atoms with Crippen LogP contribution in [0, 0.1) is 12.8 Å². The van der Waals surface area contributed by atoms with Crippen molar-refractivity contribution in [3.05, 3.63) is 29.8 Å². The highest BCUT2D eigenvalue weighted by atomic mass is 16.5. The van der Waals surface area contributed by atoms with E-state index in [-0.39, 0.29) is 6.10 Å². The smallest absolute Gasteiger partial charge is 0.191 e. The second-order valence-corrected chi connectivity index (χ2v) is 8.51. The molecule has 6 heteroatoms. The van der Waals surface area contributed by atoms with Gasteiger partial charge in [0.2, 0.25) is 0 Å². The maximum atomic E-state index is 5.94. The van der Waals surface area contributed by atoms with Gasteiger partial charge in [0, 0.05) is 58.0 Å². The van der Waals surface area contributed by atoms with Gasteiger partial charge < -0.3 is 20.3 Å². The number of guanidine groups is 1. The summed E-state index contributed by atoms with van der Waals surface area (Å²) in [6, 6.07) is 9.21. The molecular formula is C22H37N5O. The molecule has 2 unspecified atom stereocenters. The van der Waals surface area contributed by atoms with Gasteiger partial charge in [-0.1, -0.05) is 31.5 Å². The minimum atomic E-state index is 0.221. The van der Waals surface area contributed by atoms with Gasteiger partial charge in [-0.2, -0.15) is 0 Å². The Balaban J connectivity index is 1.43. The van der Waals surface area contributed by atoms with Crippen LogP contribution in [-0.4, -0.2) is 75.9 Å². The summed E-state index contributed by atoms with van der Waals surface area (Å²) in [5.41, 5.74) is 2.61. The fraction of sp³-hybridized carbons (Fsp3) is 0.682. The molecule has 0 aromatic heterocycles. The molecular weight excluding hydrogens is 350 g/mol. The fourth-order valence-corrected chi connectivity index (χ4v) is 4.05. The van der Waals surface area contributed by atoms with Crippen LogP contribution in [0.1, 0.15) is 25.8 Å². The Morgan fingerprint density at radius 3 is 2.71 bits per heavy atom. The molecule has 28 heavy (non-hydrogen) atoms. The number of aliphatic imine (C=N–C) groups is 1. The Hall–Kier alpha value is -1.79. The molecule has 0 radical (unpaired) electrons. The predicted octanol–water partition coefficient (Wildman–Crippen LogP) is 2.10. The zero-order chi connectivity index (χ0) is 19.9. The Bertz CT molecular complexity index is 630. The fourth-order valence-electron chi connectivity index (χ4n) is 4.05. The maximum Gasteiger partial charge on any atom is 0.191 e. The van der Waals surface area contributed by atoms with E-state index in [2.05, 4.69) is 70.5 Å². The molecule has 2 fully saturated rings. The molecule has 6 nitrogen and oxygen atoms in total. The quantitative estimate of drug-likeness (QED) is 0.578. The van der Waals surface area contributed by atoms with E-state index >= 15 is 0 Å². The van der Waals surface area contributed by atoms with Crippen molar-refractivity contribution >= 4 is 11.6 Å². The third-order valence-corrected chi connectivity index (χ3v) is 5.50. The van der Waals surface area contributed by atoms with Crippen molar-refractivity contribution in [2.45, 2.75) is 39.3 Å². The second-order valence-electron chi connectivity index (χ2n) is 8.51. The predicted molar refractivity (Wildman–Crippen MR) is 117 cm³/mol. The van der Waals surface area contributed by atoms with Crippen LogP contribution in [0.2, 0.25) is 0 Å². The number of anilines is 1. The van der Waals surface area contributed by atoms with Crippen molar-refractivity contribution in [3.63, 3.8) is 0 Å². The lowest BCUT2D eigenvalue weighted by Crippen LogP contribution is -2.51. The van der Waals surface area contributed by atoms with Crippen LogP contribution in [0.4, 0.5) is 5.69 Å². The molecule has 2 saturated heterocycles. The Morgan fingerprint density at radius 1 is 1.21 bits per heavy atom. The average molecular weight is 388 g/mol. The van der Waals surface area contributed by atoms with E-state index in [1.165, 1.54) is 11.3 Å². The lowest BCUT2D eigenvalue weighted by Gasteiger charge is -2.34. The number of benzene rings is 1. The minimum absolute atomic E-state index is 0.221. The molecule has 0 aliphatic carbocycles. The SMILES string of the molecule is CN=C(NCC1CN(CC(C)C)CCO1)NC1CCN(c2ccc(C)cc2)C1. The summed E-state index contributed by atoms with van der Waals surface area (Å²) in [6.45, 7) is 13.5. The van der Waals surface area contributed by atoms with Gasteiger partial charge in [0.25, 0.3) is 0 Å². The highest BCUT2D eigenvalue weighted by Crippen LogP contribution is 2.20. The van der Waals surface area contributed by atoms with Crippen LogP contribution in [0.5, 0.6) is 0 Å². The van der Waals surface area contributed by atoms with Gasteiger partial charge in [-0.15, -0.1) is 0 Å². The summed E-state index contributed by atoms with van der Waals surface area (Å²) in [5, 5.41) is 7.06. The number of hydrogen-bond acceptors (Lipinski definition) is 4. The van der Waals surface area contributed by atoms with E-state index in [0.29, 0.717) is 12.0 Å². The number of ether oxygens (including phenoxy) is 1. The summed E-state index contributed by atoms with van der Waals surface area (Å²) in [6.07, 6.45) is 1.34. The molecule has 0 saturated carbocycles. The van der Waals surface area contributed by atoms with Crippen molar-refractivity contribution in [2.24, 2.45) is 10.9 Å². The monoisotopic (exact) mass is 387 g/mol. The van der Waals surface area contributed by atoms with Crippen molar-refractivity contribution in [1.82, 2.24) is 15.5 Å². The van der Waals surface area contributed by atoms with Crippen molar-refractivity contribution in [2.75, 3.05) is 57.8 Å². The van der Waals surface area contributed by atoms with Crippen LogP contribution in [0.25, 0.3) is 0 Å². The first-order valence-electron chi connectivity index (χ1n) is 10.7. The Kier molecular flexibility index (Phi) is 7.57. The van der Waals surface area contributed by atoms with Crippen molar-refractivity contribution < 1.29 is 4.74 Å². The van der Waals surface area contributed by atoms with E-state index in [4.69, 9.17) is 4.74 Å². The third kappa shape index (κ3) is 6.11. The zero-order valence-electron chi connectivity index (χ0n) is 17.9. The average Bonchev–Trinajstić information content (AvgIpc) is 3.14. The number of aryl methyl sites for hydroxylation is 1. The Morgan fingerprint density at radius 2 is 2.00 bits per heavy atom. The topological polar surface area (TPSA) is 52.1 Å². The third-order valence-electron chi connectivity index (χ3n) is 5.50. The second kappa shape index (κ2) is 10.1. The molecule has 1 aromatic carbocycles. The molecule has 0 amide bonds. The van der Waals surface area contributed by atoms with E-state index in [1.807, 2.05) is 7.05 Å². The number of nitrogens with zero attached hydrogens (tertiary/aromatic N) is 3. The molecule has 3 rings (SSSR count). The van der Waals surface area contributed by atoms with Crippen LogP contribution in [0.15, 0.2) is 29.3 Å². The van der Waals surface area contributed by atoms with Gasteiger partial charge >= 0.3 is 0 Å². The molecule has 2 aliphatic rings. The summed E-state index contributed by atoms with van der Waals surface area (Å²) in [4.78, 5) is 9.37.